The van der Waals surface area contributed by atoms with Gasteiger partial charge in [0, 0.05) is 13.2 Å². The molecular weight excluding hydrogens is 234 g/mol. The van der Waals surface area contributed by atoms with Crippen molar-refractivity contribution in [3.8, 4) is 0 Å². The zero-order chi connectivity index (χ0) is 13.7. The molecule has 0 aliphatic heterocycles. The maximum Gasteiger partial charge on any atom is 0.0614 e. The van der Waals surface area contributed by atoms with Crippen LogP contribution in [0.15, 0.2) is 60.7 Å². The largest absolute Gasteiger partial charge is 0.383 e. The third-order valence-corrected chi connectivity index (χ3v) is 3.73. The number of hydrogen-bond donors (Lipinski definition) is 1. The highest BCUT2D eigenvalue weighted by Crippen LogP contribution is 2.35. The Morgan fingerprint density at radius 3 is 1.68 bits per heavy atom. The first-order valence-electron chi connectivity index (χ1n) is 6.57. The maximum atomic E-state index is 6.34. The number of benzene rings is 2. The zero-order valence-electron chi connectivity index (χ0n) is 11.5. The van der Waals surface area contributed by atoms with Crippen molar-refractivity contribution in [3.05, 3.63) is 71.8 Å². The Morgan fingerprint density at radius 1 is 0.947 bits per heavy atom. The van der Waals surface area contributed by atoms with E-state index in [2.05, 4.69) is 24.3 Å². The molecule has 0 saturated carbocycles. The van der Waals surface area contributed by atoms with Crippen LogP contribution in [0.2, 0.25) is 0 Å². The van der Waals surface area contributed by atoms with E-state index in [9.17, 15) is 0 Å². The lowest BCUT2D eigenvalue weighted by atomic mass is 9.70. The molecule has 0 fully saturated rings. The molecule has 2 aromatic rings. The van der Waals surface area contributed by atoms with Gasteiger partial charge in [-0.3, -0.25) is 0 Å². The van der Waals surface area contributed by atoms with Crippen LogP contribution in [-0.4, -0.2) is 19.8 Å². The lowest BCUT2D eigenvalue weighted by molar-refractivity contribution is 0.136. The van der Waals surface area contributed by atoms with E-state index < -0.39 is 0 Å². The summed E-state index contributed by atoms with van der Waals surface area (Å²) in [6, 6.07) is 20.7. The zero-order valence-corrected chi connectivity index (χ0v) is 11.5. The Bertz CT molecular complexity index is 454. The second-order valence-corrected chi connectivity index (χ2v) is 4.93. The van der Waals surface area contributed by atoms with Crippen LogP contribution in [0.5, 0.6) is 0 Å². The molecule has 2 aromatic carbocycles. The molecule has 0 aliphatic rings. The first-order valence-corrected chi connectivity index (χ1v) is 6.57. The van der Waals surface area contributed by atoms with E-state index >= 15 is 0 Å². The lowest BCUT2D eigenvalue weighted by Crippen LogP contribution is -2.47. The number of methoxy groups -OCH3 is 1. The Balaban J connectivity index is 2.61. The standard InChI is InChI=1S/C17H21NO/c1-14(18)17(13-19-2,15-9-5-3-6-10-15)16-11-7-4-8-12-16/h3-12,14H,13,18H2,1-2H3. The summed E-state index contributed by atoms with van der Waals surface area (Å²) < 4.78 is 5.50. The number of hydrogen-bond acceptors (Lipinski definition) is 2. The van der Waals surface area contributed by atoms with Gasteiger partial charge in [-0.2, -0.15) is 0 Å². The molecule has 0 spiro atoms. The van der Waals surface area contributed by atoms with Crippen molar-refractivity contribution in [2.45, 2.75) is 18.4 Å². The van der Waals surface area contributed by atoms with Gasteiger partial charge in [0.05, 0.1) is 12.0 Å². The van der Waals surface area contributed by atoms with E-state index in [-0.39, 0.29) is 11.5 Å². The molecule has 0 saturated heterocycles. The van der Waals surface area contributed by atoms with Crippen LogP contribution in [0.3, 0.4) is 0 Å². The predicted octanol–water partition coefficient (Wildman–Crippen LogP) is 2.97. The molecule has 0 radical (unpaired) electrons. The quantitative estimate of drug-likeness (QED) is 0.891. The fourth-order valence-corrected chi connectivity index (χ4v) is 2.69. The van der Waals surface area contributed by atoms with Gasteiger partial charge in [-0.05, 0) is 18.1 Å². The van der Waals surface area contributed by atoms with Gasteiger partial charge < -0.3 is 10.5 Å². The van der Waals surface area contributed by atoms with Crippen molar-refractivity contribution in [3.63, 3.8) is 0 Å². The van der Waals surface area contributed by atoms with E-state index in [0.29, 0.717) is 6.61 Å². The third kappa shape index (κ3) is 2.55. The molecule has 2 rings (SSSR count). The van der Waals surface area contributed by atoms with Crippen molar-refractivity contribution in [2.24, 2.45) is 5.73 Å². The summed E-state index contributed by atoms with van der Waals surface area (Å²) in [7, 11) is 1.73. The second-order valence-electron chi connectivity index (χ2n) is 4.93. The molecule has 0 aliphatic carbocycles. The summed E-state index contributed by atoms with van der Waals surface area (Å²) in [5, 5.41) is 0. The fourth-order valence-electron chi connectivity index (χ4n) is 2.69. The van der Waals surface area contributed by atoms with Gasteiger partial charge in [0.2, 0.25) is 0 Å². The molecular formula is C17H21NO. The number of rotatable bonds is 5. The van der Waals surface area contributed by atoms with Crippen LogP contribution >= 0.6 is 0 Å². The average Bonchev–Trinajstić information content (AvgIpc) is 2.46. The molecule has 0 amide bonds. The smallest absolute Gasteiger partial charge is 0.0614 e. The van der Waals surface area contributed by atoms with Gasteiger partial charge in [-0.15, -0.1) is 0 Å². The van der Waals surface area contributed by atoms with E-state index in [1.807, 2.05) is 43.3 Å². The van der Waals surface area contributed by atoms with Crippen LogP contribution in [-0.2, 0) is 10.2 Å². The molecule has 1 atom stereocenters. The average molecular weight is 255 g/mol. The molecule has 0 aromatic heterocycles. The molecule has 1 unspecified atom stereocenters. The molecule has 0 bridgehead atoms. The molecule has 0 heterocycles. The van der Waals surface area contributed by atoms with Crippen molar-refractivity contribution in [1.82, 2.24) is 0 Å². The van der Waals surface area contributed by atoms with Gasteiger partial charge in [0.15, 0.2) is 0 Å². The van der Waals surface area contributed by atoms with Crippen molar-refractivity contribution in [2.75, 3.05) is 13.7 Å². The summed E-state index contributed by atoms with van der Waals surface area (Å²) in [4.78, 5) is 0. The molecule has 2 heteroatoms. The molecule has 2 N–H and O–H groups in total. The minimum atomic E-state index is -0.308. The second kappa shape index (κ2) is 6.00. The minimum absolute atomic E-state index is 0.0442. The first kappa shape index (κ1) is 13.8. The van der Waals surface area contributed by atoms with Crippen molar-refractivity contribution >= 4 is 0 Å². The van der Waals surface area contributed by atoms with Gasteiger partial charge in [-0.25, -0.2) is 0 Å². The van der Waals surface area contributed by atoms with Crippen LogP contribution in [0.25, 0.3) is 0 Å². The van der Waals surface area contributed by atoms with Crippen LogP contribution in [0, 0.1) is 0 Å². The fraction of sp³-hybridized carbons (Fsp3) is 0.294. The van der Waals surface area contributed by atoms with E-state index in [1.54, 1.807) is 7.11 Å². The molecule has 100 valence electrons. The SMILES string of the molecule is COCC(c1ccccc1)(c1ccccc1)C(C)N. The van der Waals surface area contributed by atoms with Gasteiger partial charge in [-0.1, -0.05) is 60.7 Å². The number of ether oxygens (including phenoxy) is 1. The molecule has 2 nitrogen and oxygen atoms in total. The Kier molecular flexibility index (Phi) is 4.35. The summed E-state index contributed by atoms with van der Waals surface area (Å²) in [5.74, 6) is 0. The minimum Gasteiger partial charge on any atom is -0.383 e. The Hall–Kier alpha value is -1.64. The van der Waals surface area contributed by atoms with E-state index in [4.69, 9.17) is 10.5 Å². The Morgan fingerprint density at radius 2 is 1.37 bits per heavy atom. The van der Waals surface area contributed by atoms with Gasteiger partial charge in [0.1, 0.15) is 0 Å². The van der Waals surface area contributed by atoms with Gasteiger partial charge in [0.25, 0.3) is 0 Å². The van der Waals surface area contributed by atoms with Crippen LogP contribution in [0.1, 0.15) is 18.1 Å². The van der Waals surface area contributed by atoms with Crippen LogP contribution < -0.4 is 5.73 Å². The maximum absolute atomic E-state index is 6.34. The summed E-state index contributed by atoms with van der Waals surface area (Å²) in [6.07, 6.45) is 0. The highest BCUT2D eigenvalue weighted by molar-refractivity contribution is 5.41. The van der Waals surface area contributed by atoms with Crippen LogP contribution in [0.4, 0.5) is 0 Å². The predicted molar refractivity (Wildman–Crippen MR) is 79.2 cm³/mol. The highest BCUT2D eigenvalue weighted by atomic mass is 16.5. The lowest BCUT2D eigenvalue weighted by Gasteiger charge is -2.38. The topological polar surface area (TPSA) is 35.2 Å². The van der Waals surface area contributed by atoms with E-state index in [0.717, 1.165) is 0 Å². The van der Waals surface area contributed by atoms with Gasteiger partial charge >= 0.3 is 0 Å². The first-order chi connectivity index (χ1) is 9.21. The van der Waals surface area contributed by atoms with Crippen molar-refractivity contribution in [1.29, 1.82) is 0 Å². The van der Waals surface area contributed by atoms with Crippen molar-refractivity contribution < 1.29 is 4.74 Å². The summed E-state index contributed by atoms with van der Waals surface area (Å²) >= 11 is 0. The summed E-state index contributed by atoms with van der Waals surface area (Å²) in [6.45, 7) is 2.61. The third-order valence-electron chi connectivity index (χ3n) is 3.73. The monoisotopic (exact) mass is 255 g/mol. The number of nitrogens with two attached hydrogens (primary N) is 1. The summed E-state index contributed by atoms with van der Waals surface area (Å²) in [5.41, 5.74) is 8.42. The van der Waals surface area contributed by atoms with E-state index in [1.165, 1.54) is 11.1 Å². The Labute approximate surface area is 115 Å². The normalized spacial score (nSPS) is 13.2. The molecule has 19 heavy (non-hydrogen) atoms. The highest BCUT2D eigenvalue weighted by Gasteiger charge is 2.38.